The Morgan fingerprint density at radius 1 is 1.07 bits per heavy atom. The maximum absolute atomic E-state index is 12.7. The molecule has 0 aromatic heterocycles. The molecule has 3 amide bonds. The summed E-state index contributed by atoms with van der Waals surface area (Å²) < 4.78 is 5.28. The second-order valence-corrected chi connectivity index (χ2v) is 7.74. The zero-order valence-corrected chi connectivity index (χ0v) is 17.4. The van der Waals surface area contributed by atoms with Crippen molar-refractivity contribution < 1.29 is 19.1 Å². The fourth-order valence-electron chi connectivity index (χ4n) is 3.57. The molecule has 1 aliphatic rings. The lowest BCUT2D eigenvalue weighted by Crippen LogP contribution is -2.48. The number of carbonyl (C=O) groups excluding carboxylic acids is 3. The van der Waals surface area contributed by atoms with Crippen molar-refractivity contribution >= 4 is 29.3 Å². The second-order valence-electron chi connectivity index (χ2n) is 7.74. The molecule has 0 spiro atoms. The topological polar surface area (TPSA) is 87.7 Å². The molecule has 2 aromatic carbocycles. The van der Waals surface area contributed by atoms with Crippen LogP contribution < -0.4 is 15.5 Å². The van der Waals surface area contributed by atoms with Crippen LogP contribution in [-0.2, 0) is 20.7 Å². The highest BCUT2D eigenvalue weighted by Gasteiger charge is 2.32. The van der Waals surface area contributed by atoms with E-state index in [-0.39, 0.29) is 24.5 Å². The number of benzene rings is 2. The SMILES string of the molecule is CC(C)[C@H](NC(=O)Nc1ccccc1)C(=O)OCC(=O)N1c2ccccc2C[C@@H]1C. The number of esters is 1. The summed E-state index contributed by atoms with van der Waals surface area (Å²) in [5.74, 6) is -1.13. The minimum atomic E-state index is -0.871. The van der Waals surface area contributed by atoms with E-state index in [0.29, 0.717) is 5.69 Å². The lowest BCUT2D eigenvalue weighted by atomic mass is 10.1. The van der Waals surface area contributed by atoms with Gasteiger partial charge in [-0.25, -0.2) is 9.59 Å². The second kappa shape index (κ2) is 9.43. The molecule has 30 heavy (non-hydrogen) atoms. The van der Waals surface area contributed by atoms with Crippen LogP contribution in [-0.4, -0.2) is 36.6 Å². The van der Waals surface area contributed by atoms with Crippen LogP contribution in [0, 0.1) is 5.92 Å². The van der Waals surface area contributed by atoms with Gasteiger partial charge in [0.05, 0.1) is 0 Å². The third-order valence-corrected chi connectivity index (χ3v) is 5.05. The van der Waals surface area contributed by atoms with Gasteiger partial charge in [-0.15, -0.1) is 0 Å². The van der Waals surface area contributed by atoms with Crippen molar-refractivity contribution in [3.05, 3.63) is 60.2 Å². The summed E-state index contributed by atoms with van der Waals surface area (Å²) in [4.78, 5) is 39.2. The fraction of sp³-hybridized carbons (Fsp3) is 0.348. The van der Waals surface area contributed by atoms with E-state index in [2.05, 4.69) is 10.6 Å². The Bertz CT molecular complexity index is 914. The van der Waals surface area contributed by atoms with E-state index in [1.165, 1.54) is 0 Å². The average Bonchev–Trinajstić information content (AvgIpc) is 3.06. The molecule has 0 saturated heterocycles. The molecule has 158 valence electrons. The van der Waals surface area contributed by atoms with Gasteiger partial charge in [-0.3, -0.25) is 4.79 Å². The van der Waals surface area contributed by atoms with Crippen molar-refractivity contribution in [1.29, 1.82) is 0 Å². The van der Waals surface area contributed by atoms with Crippen molar-refractivity contribution in [3.8, 4) is 0 Å². The predicted molar refractivity (Wildman–Crippen MR) is 115 cm³/mol. The Labute approximate surface area is 176 Å². The number of rotatable bonds is 6. The molecule has 7 nitrogen and oxygen atoms in total. The van der Waals surface area contributed by atoms with Gasteiger partial charge < -0.3 is 20.3 Å². The first-order valence-corrected chi connectivity index (χ1v) is 10.1. The Morgan fingerprint density at radius 3 is 2.43 bits per heavy atom. The highest BCUT2D eigenvalue weighted by atomic mass is 16.5. The normalized spacial score (nSPS) is 16.0. The van der Waals surface area contributed by atoms with Gasteiger partial charge >= 0.3 is 12.0 Å². The number of hydrogen-bond acceptors (Lipinski definition) is 4. The molecule has 0 radical (unpaired) electrons. The van der Waals surface area contributed by atoms with Crippen molar-refractivity contribution in [2.75, 3.05) is 16.8 Å². The first kappa shape index (κ1) is 21.4. The van der Waals surface area contributed by atoms with Crippen LogP contribution >= 0.6 is 0 Å². The van der Waals surface area contributed by atoms with Crippen molar-refractivity contribution in [3.63, 3.8) is 0 Å². The van der Waals surface area contributed by atoms with Crippen LogP contribution in [0.15, 0.2) is 54.6 Å². The van der Waals surface area contributed by atoms with Gasteiger partial charge in [-0.2, -0.15) is 0 Å². The first-order chi connectivity index (χ1) is 14.4. The summed E-state index contributed by atoms with van der Waals surface area (Å²) in [6, 6.07) is 15.3. The molecule has 3 rings (SSSR count). The first-order valence-electron chi connectivity index (χ1n) is 10.1. The number of amides is 3. The van der Waals surface area contributed by atoms with E-state index in [9.17, 15) is 14.4 Å². The van der Waals surface area contributed by atoms with Crippen LogP contribution in [0.2, 0.25) is 0 Å². The van der Waals surface area contributed by atoms with Crippen molar-refractivity contribution in [1.82, 2.24) is 5.32 Å². The van der Waals surface area contributed by atoms with Gasteiger partial charge in [-0.1, -0.05) is 50.2 Å². The van der Waals surface area contributed by atoms with Gasteiger partial charge in [0.1, 0.15) is 6.04 Å². The summed E-state index contributed by atoms with van der Waals surface area (Å²) in [6.45, 7) is 5.19. The maximum atomic E-state index is 12.7. The van der Waals surface area contributed by atoms with Crippen molar-refractivity contribution in [2.45, 2.75) is 39.3 Å². The number of nitrogens with zero attached hydrogens (tertiary/aromatic N) is 1. The number of anilines is 2. The average molecular weight is 409 g/mol. The zero-order valence-electron chi connectivity index (χ0n) is 17.4. The largest absolute Gasteiger partial charge is 0.454 e. The monoisotopic (exact) mass is 409 g/mol. The van der Waals surface area contributed by atoms with E-state index >= 15 is 0 Å². The number of fused-ring (bicyclic) bond motifs is 1. The van der Waals surface area contributed by atoms with Gasteiger partial charge in [0.2, 0.25) is 0 Å². The van der Waals surface area contributed by atoms with Crippen LogP contribution in [0.3, 0.4) is 0 Å². The maximum Gasteiger partial charge on any atom is 0.329 e. The van der Waals surface area contributed by atoms with Gasteiger partial charge in [0.25, 0.3) is 5.91 Å². The minimum absolute atomic E-state index is 0.00396. The Balaban J connectivity index is 1.57. The fourth-order valence-corrected chi connectivity index (χ4v) is 3.57. The summed E-state index contributed by atoms with van der Waals surface area (Å²) in [6.07, 6.45) is 0.770. The summed E-state index contributed by atoms with van der Waals surface area (Å²) >= 11 is 0. The molecule has 0 fully saturated rings. The zero-order chi connectivity index (χ0) is 21.7. The Hall–Kier alpha value is -3.35. The van der Waals surface area contributed by atoms with Crippen LogP contribution in [0.5, 0.6) is 0 Å². The Morgan fingerprint density at radius 2 is 1.73 bits per heavy atom. The smallest absolute Gasteiger partial charge is 0.329 e. The lowest BCUT2D eigenvalue weighted by Gasteiger charge is -2.24. The molecule has 1 aliphatic heterocycles. The van der Waals surface area contributed by atoms with E-state index < -0.39 is 18.0 Å². The molecule has 1 heterocycles. The highest BCUT2D eigenvalue weighted by Crippen LogP contribution is 2.31. The van der Waals surface area contributed by atoms with Crippen LogP contribution in [0.25, 0.3) is 0 Å². The molecule has 2 atom stereocenters. The molecule has 0 unspecified atom stereocenters. The van der Waals surface area contributed by atoms with Crippen LogP contribution in [0.4, 0.5) is 16.2 Å². The van der Waals surface area contributed by atoms with E-state index in [1.807, 2.05) is 37.3 Å². The Kier molecular flexibility index (Phi) is 6.72. The van der Waals surface area contributed by atoms with Gasteiger partial charge in [0, 0.05) is 17.4 Å². The lowest BCUT2D eigenvalue weighted by molar-refractivity contribution is -0.150. The third kappa shape index (κ3) is 4.97. The van der Waals surface area contributed by atoms with Gasteiger partial charge in [0.15, 0.2) is 6.61 Å². The standard InChI is InChI=1S/C23H27N3O4/c1-15(2)21(25-23(29)24-18-10-5-4-6-11-18)22(28)30-14-20(27)26-16(3)13-17-9-7-8-12-19(17)26/h4-12,15-16,21H,13-14H2,1-3H3,(H2,24,25,29)/t16-,21-/m0/s1. The number of carbonyl (C=O) groups is 3. The van der Waals surface area contributed by atoms with Gasteiger partial charge in [-0.05, 0) is 43.0 Å². The summed E-state index contributed by atoms with van der Waals surface area (Å²) in [5, 5.41) is 5.31. The molecular weight excluding hydrogens is 382 g/mol. The number of ether oxygens (including phenoxy) is 1. The van der Waals surface area contributed by atoms with Crippen molar-refractivity contribution in [2.24, 2.45) is 5.92 Å². The highest BCUT2D eigenvalue weighted by molar-refractivity contribution is 5.98. The third-order valence-electron chi connectivity index (χ3n) is 5.05. The molecule has 2 N–H and O–H groups in total. The number of urea groups is 1. The molecule has 0 saturated carbocycles. The van der Waals surface area contributed by atoms with E-state index in [0.717, 1.165) is 17.7 Å². The quantitative estimate of drug-likeness (QED) is 0.716. The predicted octanol–water partition coefficient (Wildman–Crippen LogP) is 3.35. The van der Waals surface area contributed by atoms with E-state index in [4.69, 9.17) is 4.74 Å². The summed E-state index contributed by atoms with van der Waals surface area (Å²) in [5.41, 5.74) is 2.57. The molecule has 2 aromatic rings. The summed E-state index contributed by atoms with van der Waals surface area (Å²) in [7, 11) is 0. The molecular formula is C23H27N3O4. The molecule has 0 bridgehead atoms. The minimum Gasteiger partial charge on any atom is -0.454 e. The number of hydrogen-bond donors (Lipinski definition) is 2. The van der Waals surface area contributed by atoms with Crippen LogP contribution in [0.1, 0.15) is 26.3 Å². The number of nitrogens with one attached hydrogen (secondary N) is 2. The molecule has 0 aliphatic carbocycles. The number of para-hydroxylation sites is 2. The molecule has 7 heteroatoms. The van der Waals surface area contributed by atoms with E-state index in [1.54, 1.807) is 43.0 Å².